The molecule has 248 valence electrons. The average Bonchev–Trinajstić information content (AvgIpc) is 3.75. The zero-order chi connectivity index (χ0) is 34.9. The Morgan fingerprint density at radius 2 is 1.25 bits per heavy atom. The van der Waals surface area contributed by atoms with Crippen LogP contribution in [-0.2, 0) is 5.41 Å². The number of para-hydroxylation sites is 2. The van der Waals surface area contributed by atoms with E-state index in [9.17, 15) is 9.59 Å². The van der Waals surface area contributed by atoms with E-state index in [1.54, 1.807) is 4.57 Å². The smallest absolute Gasteiger partial charge is 0.309 e. The van der Waals surface area contributed by atoms with Gasteiger partial charge in [-0.3, -0.25) is 9.36 Å². The number of aromatic nitrogens is 3. The summed E-state index contributed by atoms with van der Waals surface area (Å²) in [6, 6.07) is 42.1. The summed E-state index contributed by atoms with van der Waals surface area (Å²) in [7, 11) is 0. The van der Waals surface area contributed by atoms with Crippen LogP contribution in [0.25, 0.3) is 77.1 Å². The molecule has 0 unspecified atom stereocenters. The quantitative estimate of drug-likeness (QED) is 0.176. The van der Waals surface area contributed by atoms with Gasteiger partial charge in [0, 0.05) is 38.0 Å². The summed E-state index contributed by atoms with van der Waals surface area (Å²) in [5.74, 6) is 0. The Morgan fingerprint density at radius 3 is 2.08 bits per heavy atom. The number of rotatable bonds is 3. The monoisotopic (exact) mass is 671 g/mol. The minimum Gasteiger partial charge on any atom is -0.309 e. The third kappa shape index (κ3) is 3.72. The summed E-state index contributed by atoms with van der Waals surface area (Å²) in [5, 5.41) is 4.77. The Labute approximate surface area is 299 Å². The second-order valence-electron chi connectivity index (χ2n) is 14.8. The molecule has 3 heterocycles. The van der Waals surface area contributed by atoms with Crippen molar-refractivity contribution in [1.82, 2.24) is 13.5 Å². The zero-order valence-electron chi connectivity index (χ0n) is 28.9. The molecule has 0 saturated heterocycles. The van der Waals surface area contributed by atoms with E-state index in [-0.39, 0.29) is 16.7 Å². The zero-order valence-corrected chi connectivity index (χ0v) is 28.9. The highest BCUT2D eigenvalue weighted by Crippen LogP contribution is 2.51. The Bertz CT molecular complexity index is 3190. The Balaban J connectivity index is 1.11. The van der Waals surface area contributed by atoms with E-state index in [1.807, 2.05) is 42.5 Å². The van der Waals surface area contributed by atoms with Crippen LogP contribution in [0.4, 0.5) is 0 Å². The van der Waals surface area contributed by atoms with Crippen LogP contribution in [0.3, 0.4) is 0 Å². The molecule has 11 rings (SSSR count). The number of fused-ring (bicyclic) bond motifs is 8. The largest absolute Gasteiger partial charge is 0.340 e. The predicted octanol–water partition coefficient (Wildman–Crippen LogP) is 10.3. The molecule has 0 saturated carbocycles. The molecule has 2 aliphatic rings. The number of nitrogens with zero attached hydrogens (tertiary/aromatic N) is 3. The number of allylic oxidation sites excluding steroid dienone is 4. The maximum absolute atomic E-state index is 14.3. The molecule has 5 heteroatoms. The predicted molar refractivity (Wildman–Crippen MR) is 214 cm³/mol. The van der Waals surface area contributed by atoms with E-state index >= 15 is 0 Å². The van der Waals surface area contributed by atoms with E-state index in [4.69, 9.17) is 0 Å². The molecule has 0 aliphatic heterocycles. The van der Waals surface area contributed by atoms with Crippen molar-refractivity contribution in [3.05, 3.63) is 177 Å². The first-order chi connectivity index (χ1) is 25.4. The molecular formula is C47H33N3O2. The highest BCUT2D eigenvalue weighted by Gasteiger charge is 2.36. The van der Waals surface area contributed by atoms with Crippen molar-refractivity contribution < 1.29 is 0 Å². The normalized spacial score (nSPS) is 14.9. The molecule has 52 heavy (non-hydrogen) atoms. The Kier molecular flexibility index (Phi) is 5.80. The summed E-state index contributed by atoms with van der Waals surface area (Å²) >= 11 is 0. The van der Waals surface area contributed by atoms with E-state index in [2.05, 4.69) is 116 Å². The van der Waals surface area contributed by atoms with Gasteiger partial charge >= 0.3 is 5.69 Å². The third-order valence-electron chi connectivity index (χ3n) is 11.7. The molecule has 9 aromatic rings. The van der Waals surface area contributed by atoms with Crippen molar-refractivity contribution in [2.45, 2.75) is 32.1 Å². The lowest BCUT2D eigenvalue weighted by molar-refractivity contribution is 0.661. The van der Waals surface area contributed by atoms with E-state index in [0.717, 1.165) is 51.5 Å². The maximum atomic E-state index is 14.3. The highest BCUT2D eigenvalue weighted by atomic mass is 16.2. The molecule has 0 fully saturated rings. The lowest BCUT2D eigenvalue weighted by atomic mass is 9.82. The van der Waals surface area contributed by atoms with Crippen molar-refractivity contribution in [2.75, 3.05) is 0 Å². The van der Waals surface area contributed by atoms with E-state index < -0.39 is 0 Å². The van der Waals surface area contributed by atoms with Gasteiger partial charge in [0.15, 0.2) is 0 Å². The molecule has 2 aliphatic carbocycles. The lowest BCUT2D eigenvalue weighted by Gasteiger charge is -2.21. The number of imidazole rings is 1. The van der Waals surface area contributed by atoms with Gasteiger partial charge in [-0.25, -0.2) is 9.20 Å². The molecule has 6 aromatic carbocycles. The van der Waals surface area contributed by atoms with Crippen LogP contribution in [0.1, 0.15) is 43.4 Å². The van der Waals surface area contributed by atoms with Gasteiger partial charge in [0.1, 0.15) is 0 Å². The summed E-state index contributed by atoms with van der Waals surface area (Å²) in [5.41, 5.74) is 12.0. The fourth-order valence-electron chi connectivity index (χ4n) is 9.27. The molecule has 0 radical (unpaired) electrons. The Morgan fingerprint density at radius 1 is 0.558 bits per heavy atom. The summed E-state index contributed by atoms with van der Waals surface area (Å²) < 4.78 is 5.38. The van der Waals surface area contributed by atoms with Gasteiger partial charge in [-0.2, -0.15) is 0 Å². The number of hydrogen-bond donors (Lipinski definition) is 0. The minimum atomic E-state index is -0.359. The molecule has 0 atom stereocenters. The summed E-state index contributed by atoms with van der Waals surface area (Å²) in [4.78, 5) is 28.5. The van der Waals surface area contributed by atoms with Crippen LogP contribution in [0, 0.1) is 0 Å². The van der Waals surface area contributed by atoms with E-state index in [1.165, 1.54) is 37.4 Å². The van der Waals surface area contributed by atoms with Gasteiger partial charge in [0.05, 0.1) is 27.8 Å². The first kappa shape index (κ1) is 29.3. The van der Waals surface area contributed by atoms with Crippen LogP contribution < -0.4 is 11.2 Å². The van der Waals surface area contributed by atoms with Crippen LogP contribution in [-0.4, -0.2) is 13.5 Å². The SMILES string of the molecule is CC1(C)c2ccccc2-c2cc3c4ccccc4n(-c4ccc(-n5c(=O)n6c(=O)c7cccc(C8=CCCC=C8)c7c7cccc5c76)cc4)c3cc21. The van der Waals surface area contributed by atoms with Gasteiger partial charge in [0.25, 0.3) is 5.56 Å². The van der Waals surface area contributed by atoms with Crippen molar-refractivity contribution in [1.29, 1.82) is 0 Å². The second kappa shape index (κ2) is 10.3. The second-order valence-corrected chi connectivity index (χ2v) is 14.8. The van der Waals surface area contributed by atoms with Crippen LogP contribution >= 0.6 is 0 Å². The molecule has 3 aromatic heterocycles. The number of pyridine rings is 1. The van der Waals surface area contributed by atoms with Crippen molar-refractivity contribution >= 4 is 54.6 Å². The fraction of sp³-hybridized carbons (Fsp3) is 0.106. The minimum absolute atomic E-state index is 0.120. The van der Waals surface area contributed by atoms with Crippen molar-refractivity contribution in [2.24, 2.45) is 0 Å². The van der Waals surface area contributed by atoms with Crippen LogP contribution in [0.2, 0.25) is 0 Å². The van der Waals surface area contributed by atoms with Crippen molar-refractivity contribution in [3.8, 4) is 22.5 Å². The number of benzene rings is 6. The summed E-state index contributed by atoms with van der Waals surface area (Å²) in [6.07, 6.45) is 8.54. The molecular weight excluding hydrogens is 639 g/mol. The first-order valence-corrected chi connectivity index (χ1v) is 18.0. The molecule has 0 N–H and O–H groups in total. The summed E-state index contributed by atoms with van der Waals surface area (Å²) in [6.45, 7) is 4.63. The maximum Gasteiger partial charge on any atom is 0.340 e. The lowest BCUT2D eigenvalue weighted by Crippen LogP contribution is -2.27. The van der Waals surface area contributed by atoms with Crippen molar-refractivity contribution in [3.63, 3.8) is 0 Å². The van der Waals surface area contributed by atoms with Gasteiger partial charge < -0.3 is 4.57 Å². The highest BCUT2D eigenvalue weighted by molar-refractivity contribution is 6.15. The van der Waals surface area contributed by atoms with Crippen LogP contribution in [0.15, 0.2) is 149 Å². The standard InChI is InChI=1S/C47H33N3O2/c1-47(2)38-19-8-6-14-32(38)36-26-37-33-15-7-9-20-40(33)48(42(37)27-39(36)47)29-22-24-30(25-23-29)49-41-21-11-17-34-43-31(28-12-4-3-5-13-28)16-10-18-35(43)45(51)50(44(34)41)46(49)52/h4,6-27H,3,5H2,1-2H3. The number of hydrogen-bond acceptors (Lipinski definition) is 2. The van der Waals surface area contributed by atoms with Gasteiger partial charge in [-0.05, 0) is 101 Å². The first-order valence-electron chi connectivity index (χ1n) is 18.0. The van der Waals surface area contributed by atoms with Crippen LogP contribution in [0.5, 0.6) is 0 Å². The molecule has 0 spiro atoms. The topological polar surface area (TPSA) is 48.4 Å². The van der Waals surface area contributed by atoms with Gasteiger partial charge in [0.2, 0.25) is 0 Å². The third-order valence-corrected chi connectivity index (χ3v) is 11.7. The molecule has 5 nitrogen and oxygen atoms in total. The Hall–Kier alpha value is -6.46. The van der Waals surface area contributed by atoms with Gasteiger partial charge in [-0.1, -0.05) is 98.8 Å². The fourth-order valence-corrected chi connectivity index (χ4v) is 9.27. The van der Waals surface area contributed by atoms with E-state index in [0.29, 0.717) is 22.1 Å². The average molecular weight is 672 g/mol. The van der Waals surface area contributed by atoms with Gasteiger partial charge in [-0.15, -0.1) is 0 Å². The molecule has 0 bridgehead atoms. The molecule has 0 amide bonds.